The molecule has 2 aromatic rings. The number of hydrogen-bond acceptors (Lipinski definition) is 6. The normalized spacial score (nSPS) is 24.9. The van der Waals surface area contributed by atoms with E-state index in [9.17, 15) is 9.90 Å². The van der Waals surface area contributed by atoms with Crippen molar-refractivity contribution in [1.29, 1.82) is 0 Å². The molecule has 1 N–H and O–H groups in total. The van der Waals surface area contributed by atoms with Crippen LogP contribution in [0.1, 0.15) is 44.0 Å². The van der Waals surface area contributed by atoms with Gasteiger partial charge in [-0.05, 0) is 51.8 Å². The molecule has 6 heteroatoms. The average molecular weight is 334 g/mol. The maximum atomic E-state index is 11.9. The zero-order valence-corrected chi connectivity index (χ0v) is 14.5. The topological polar surface area (TPSA) is 62.7 Å². The number of benzene rings is 1. The molecular weight excluding hydrogens is 312 g/mol. The molecule has 3 atom stereocenters. The zero-order chi connectivity index (χ0) is 16.6. The monoisotopic (exact) mass is 334 g/mol. The van der Waals surface area contributed by atoms with E-state index in [1.54, 1.807) is 24.3 Å². The molecule has 2 heterocycles. The van der Waals surface area contributed by atoms with Crippen molar-refractivity contribution in [2.75, 3.05) is 11.5 Å². The molecule has 0 amide bonds. The molecule has 23 heavy (non-hydrogen) atoms. The van der Waals surface area contributed by atoms with Crippen LogP contribution in [-0.4, -0.2) is 40.9 Å². The van der Waals surface area contributed by atoms with E-state index >= 15 is 0 Å². The molecule has 1 fully saturated rings. The summed E-state index contributed by atoms with van der Waals surface area (Å²) in [7, 11) is 0. The molecule has 1 aliphatic heterocycles. The summed E-state index contributed by atoms with van der Waals surface area (Å²) in [5, 5.41) is 10.9. The van der Waals surface area contributed by atoms with Crippen LogP contribution in [0.5, 0.6) is 0 Å². The van der Waals surface area contributed by atoms with Crippen LogP contribution < -0.4 is 4.90 Å². The zero-order valence-electron chi connectivity index (χ0n) is 13.7. The predicted molar refractivity (Wildman–Crippen MR) is 92.2 cm³/mol. The molecule has 5 nitrogen and oxygen atoms in total. The van der Waals surface area contributed by atoms with Gasteiger partial charge >= 0.3 is 5.97 Å². The SMILES string of the molecule is CCOC(=O)c1ccc2nc(N3[C@H](C)CC(O)C[C@@H]3C)sc2c1. The van der Waals surface area contributed by atoms with Crippen molar-refractivity contribution < 1.29 is 14.6 Å². The highest BCUT2D eigenvalue weighted by Crippen LogP contribution is 2.35. The molecule has 0 aliphatic carbocycles. The van der Waals surface area contributed by atoms with Crippen LogP contribution in [0.25, 0.3) is 10.2 Å². The fourth-order valence-electron chi connectivity index (χ4n) is 3.29. The molecule has 0 radical (unpaired) electrons. The number of fused-ring (bicyclic) bond motifs is 1. The van der Waals surface area contributed by atoms with Gasteiger partial charge in [0.05, 0.1) is 28.5 Å². The predicted octanol–water partition coefficient (Wildman–Crippen LogP) is 3.21. The van der Waals surface area contributed by atoms with Gasteiger partial charge in [-0.25, -0.2) is 9.78 Å². The van der Waals surface area contributed by atoms with E-state index in [1.807, 2.05) is 12.1 Å². The quantitative estimate of drug-likeness (QED) is 0.873. The van der Waals surface area contributed by atoms with E-state index < -0.39 is 0 Å². The van der Waals surface area contributed by atoms with Gasteiger partial charge in [-0.2, -0.15) is 0 Å². The molecule has 0 spiro atoms. The van der Waals surface area contributed by atoms with Crippen molar-refractivity contribution in [2.45, 2.75) is 51.8 Å². The molecule has 1 aliphatic rings. The smallest absolute Gasteiger partial charge is 0.338 e. The minimum Gasteiger partial charge on any atom is -0.462 e. The Bertz CT molecular complexity index is 703. The molecule has 1 aromatic carbocycles. The van der Waals surface area contributed by atoms with Crippen LogP contribution >= 0.6 is 11.3 Å². The van der Waals surface area contributed by atoms with E-state index in [-0.39, 0.29) is 24.2 Å². The number of nitrogens with zero attached hydrogens (tertiary/aromatic N) is 2. The second kappa shape index (κ2) is 6.45. The van der Waals surface area contributed by atoms with Crippen molar-refractivity contribution in [3.8, 4) is 0 Å². The Morgan fingerprint density at radius 3 is 2.74 bits per heavy atom. The number of esters is 1. The first-order valence-electron chi connectivity index (χ1n) is 8.03. The van der Waals surface area contributed by atoms with E-state index in [4.69, 9.17) is 9.72 Å². The number of ether oxygens (including phenoxy) is 1. The summed E-state index contributed by atoms with van der Waals surface area (Å²) in [5.41, 5.74) is 1.45. The Hall–Kier alpha value is -1.66. The maximum absolute atomic E-state index is 11.9. The first-order valence-corrected chi connectivity index (χ1v) is 8.85. The summed E-state index contributed by atoms with van der Waals surface area (Å²) in [4.78, 5) is 18.9. The first-order chi connectivity index (χ1) is 11.0. The van der Waals surface area contributed by atoms with Gasteiger partial charge in [0.15, 0.2) is 5.13 Å². The Balaban J connectivity index is 1.92. The molecule has 3 rings (SSSR count). The number of piperidine rings is 1. The third kappa shape index (κ3) is 3.19. The van der Waals surface area contributed by atoms with Gasteiger partial charge in [-0.1, -0.05) is 11.3 Å². The highest BCUT2D eigenvalue weighted by atomic mass is 32.1. The van der Waals surface area contributed by atoms with E-state index in [0.717, 1.165) is 28.2 Å². The van der Waals surface area contributed by atoms with Crippen molar-refractivity contribution >= 4 is 32.7 Å². The Morgan fingerprint density at radius 2 is 2.09 bits per heavy atom. The molecular formula is C17H22N2O3S. The lowest BCUT2D eigenvalue weighted by Crippen LogP contribution is -2.48. The van der Waals surface area contributed by atoms with Gasteiger partial charge in [-0.15, -0.1) is 0 Å². The molecule has 1 unspecified atom stereocenters. The highest BCUT2D eigenvalue weighted by molar-refractivity contribution is 7.22. The number of aliphatic hydroxyl groups excluding tert-OH is 1. The Kier molecular flexibility index (Phi) is 4.55. The van der Waals surface area contributed by atoms with Crippen molar-refractivity contribution in [3.63, 3.8) is 0 Å². The van der Waals surface area contributed by atoms with Gasteiger partial charge in [0.2, 0.25) is 0 Å². The summed E-state index contributed by atoms with van der Waals surface area (Å²) in [6, 6.07) is 5.98. The lowest BCUT2D eigenvalue weighted by molar-refractivity contribution is 0.0526. The first kappa shape index (κ1) is 16.2. The number of aliphatic hydroxyl groups is 1. The van der Waals surface area contributed by atoms with Gasteiger partial charge in [-0.3, -0.25) is 0 Å². The average Bonchev–Trinajstić information content (AvgIpc) is 2.88. The lowest BCUT2D eigenvalue weighted by Gasteiger charge is -2.41. The molecule has 1 saturated heterocycles. The molecule has 124 valence electrons. The number of carbonyl (C=O) groups is 1. The Labute approximate surface area is 139 Å². The maximum Gasteiger partial charge on any atom is 0.338 e. The fourth-order valence-corrected chi connectivity index (χ4v) is 4.50. The second-order valence-electron chi connectivity index (χ2n) is 6.13. The van der Waals surface area contributed by atoms with Crippen molar-refractivity contribution in [1.82, 2.24) is 4.98 Å². The number of hydrogen-bond donors (Lipinski definition) is 1. The van der Waals surface area contributed by atoms with E-state index in [1.165, 1.54) is 0 Å². The van der Waals surface area contributed by atoms with Gasteiger partial charge < -0.3 is 14.7 Å². The van der Waals surface area contributed by atoms with Crippen LogP contribution in [0.3, 0.4) is 0 Å². The number of carbonyl (C=O) groups excluding carboxylic acids is 1. The van der Waals surface area contributed by atoms with Gasteiger partial charge in [0, 0.05) is 12.1 Å². The van der Waals surface area contributed by atoms with E-state index in [2.05, 4.69) is 18.7 Å². The van der Waals surface area contributed by atoms with E-state index in [0.29, 0.717) is 12.2 Å². The largest absolute Gasteiger partial charge is 0.462 e. The minimum atomic E-state index is -0.299. The Morgan fingerprint density at radius 1 is 1.39 bits per heavy atom. The summed E-state index contributed by atoms with van der Waals surface area (Å²) < 4.78 is 6.04. The highest BCUT2D eigenvalue weighted by Gasteiger charge is 2.31. The minimum absolute atomic E-state index is 0.235. The lowest BCUT2D eigenvalue weighted by atomic mass is 9.96. The van der Waals surface area contributed by atoms with Crippen molar-refractivity contribution in [2.24, 2.45) is 0 Å². The van der Waals surface area contributed by atoms with Crippen LogP contribution in [0.4, 0.5) is 5.13 Å². The third-order valence-electron chi connectivity index (χ3n) is 4.29. The number of thiazole rings is 1. The number of rotatable bonds is 3. The second-order valence-corrected chi connectivity index (χ2v) is 7.14. The number of aromatic nitrogens is 1. The summed E-state index contributed by atoms with van der Waals surface area (Å²) >= 11 is 1.59. The summed E-state index contributed by atoms with van der Waals surface area (Å²) in [6.45, 7) is 6.41. The molecule has 0 bridgehead atoms. The van der Waals surface area contributed by atoms with Crippen LogP contribution in [0.2, 0.25) is 0 Å². The van der Waals surface area contributed by atoms with Crippen molar-refractivity contribution in [3.05, 3.63) is 23.8 Å². The standard InChI is InChI=1S/C17H22N2O3S/c1-4-22-16(21)12-5-6-14-15(9-12)23-17(18-14)19-10(2)7-13(20)8-11(19)3/h5-6,9-11,13,20H,4,7-8H2,1-3H3/t10-,11+,13?. The van der Waals surface area contributed by atoms with Gasteiger partial charge in [0.1, 0.15) is 0 Å². The third-order valence-corrected chi connectivity index (χ3v) is 5.32. The van der Waals surface area contributed by atoms with Crippen LogP contribution in [0, 0.1) is 0 Å². The molecule has 0 saturated carbocycles. The summed E-state index contributed by atoms with van der Waals surface area (Å²) in [6.07, 6.45) is 1.28. The summed E-state index contributed by atoms with van der Waals surface area (Å²) in [5.74, 6) is -0.299. The van der Waals surface area contributed by atoms with Gasteiger partial charge in [0.25, 0.3) is 0 Å². The number of anilines is 1. The van der Waals surface area contributed by atoms with Crippen LogP contribution in [0.15, 0.2) is 18.2 Å². The van der Waals surface area contributed by atoms with Crippen LogP contribution in [-0.2, 0) is 4.74 Å². The molecule has 1 aromatic heterocycles. The fraction of sp³-hybridized carbons (Fsp3) is 0.529.